The van der Waals surface area contributed by atoms with E-state index in [2.05, 4.69) is 31.1 Å². The number of hydrogen-bond acceptors (Lipinski definition) is 2. The summed E-state index contributed by atoms with van der Waals surface area (Å²) >= 11 is 0. The van der Waals surface area contributed by atoms with Crippen LogP contribution in [0.3, 0.4) is 0 Å². The van der Waals surface area contributed by atoms with E-state index in [0.29, 0.717) is 0 Å². The van der Waals surface area contributed by atoms with E-state index >= 15 is 0 Å². The molecule has 2 atom stereocenters. The molecule has 0 radical (unpaired) electrons. The van der Waals surface area contributed by atoms with Crippen LogP contribution in [0.25, 0.3) is 0 Å². The molecular formula is C16H22N2O. The standard InChI is InChI=1S/C16H22N2O/c1-3-12-18-15(10-11-17-18)16(19)14(4-2)13-8-6-5-7-9-13/h5-11,14,16,19H,3-4,12H2,1-2H3. The lowest BCUT2D eigenvalue weighted by molar-refractivity contribution is 0.132. The molecule has 0 fully saturated rings. The van der Waals surface area contributed by atoms with Gasteiger partial charge >= 0.3 is 0 Å². The van der Waals surface area contributed by atoms with Crippen LogP contribution in [0.2, 0.25) is 0 Å². The van der Waals surface area contributed by atoms with E-state index in [0.717, 1.165) is 25.1 Å². The lowest BCUT2D eigenvalue weighted by Crippen LogP contribution is -2.15. The van der Waals surface area contributed by atoms with Crippen molar-refractivity contribution in [3.63, 3.8) is 0 Å². The number of nitrogens with zero attached hydrogens (tertiary/aromatic N) is 2. The molecule has 19 heavy (non-hydrogen) atoms. The van der Waals surface area contributed by atoms with Crippen LogP contribution in [0.5, 0.6) is 0 Å². The summed E-state index contributed by atoms with van der Waals surface area (Å²) in [5, 5.41) is 15.0. The second-order valence-corrected chi connectivity index (χ2v) is 4.85. The SMILES string of the molecule is CCCn1nccc1C(O)C(CC)c1ccccc1. The Hall–Kier alpha value is -1.61. The van der Waals surface area contributed by atoms with Gasteiger partial charge in [-0.25, -0.2) is 0 Å². The highest BCUT2D eigenvalue weighted by Gasteiger charge is 2.23. The molecule has 3 heteroatoms. The van der Waals surface area contributed by atoms with Crippen LogP contribution in [-0.4, -0.2) is 14.9 Å². The molecule has 2 rings (SSSR count). The van der Waals surface area contributed by atoms with Crippen LogP contribution in [-0.2, 0) is 6.54 Å². The summed E-state index contributed by atoms with van der Waals surface area (Å²) in [5.74, 6) is 0.119. The van der Waals surface area contributed by atoms with Crippen LogP contribution >= 0.6 is 0 Å². The Bertz CT molecular complexity index is 492. The van der Waals surface area contributed by atoms with Crippen LogP contribution < -0.4 is 0 Å². The maximum Gasteiger partial charge on any atom is 0.102 e. The van der Waals surface area contributed by atoms with Gasteiger partial charge in [0.15, 0.2) is 0 Å². The fourth-order valence-electron chi connectivity index (χ4n) is 2.54. The average Bonchev–Trinajstić information content (AvgIpc) is 2.89. The van der Waals surface area contributed by atoms with Gasteiger partial charge in [0, 0.05) is 18.7 Å². The van der Waals surface area contributed by atoms with Crippen molar-refractivity contribution in [2.75, 3.05) is 0 Å². The summed E-state index contributed by atoms with van der Waals surface area (Å²) in [6.07, 6.45) is 3.19. The van der Waals surface area contributed by atoms with Gasteiger partial charge in [0.2, 0.25) is 0 Å². The Balaban J connectivity index is 2.25. The van der Waals surface area contributed by atoms with E-state index in [1.54, 1.807) is 6.20 Å². The Morgan fingerprint density at radius 1 is 1.16 bits per heavy atom. The molecule has 1 N–H and O–H groups in total. The second-order valence-electron chi connectivity index (χ2n) is 4.85. The zero-order valence-corrected chi connectivity index (χ0v) is 11.7. The first kappa shape index (κ1) is 13.8. The van der Waals surface area contributed by atoms with Gasteiger partial charge in [0.25, 0.3) is 0 Å². The monoisotopic (exact) mass is 258 g/mol. The smallest absolute Gasteiger partial charge is 0.102 e. The van der Waals surface area contributed by atoms with E-state index < -0.39 is 6.10 Å². The molecule has 1 aromatic heterocycles. The largest absolute Gasteiger partial charge is 0.386 e. The third-order valence-electron chi connectivity index (χ3n) is 3.54. The molecular weight excluding hydrogens is 236 g/mol. The van der Waals surface area contributed by atoms with Crippen molar-refractivity contribution in [1.29, 1.82) is 0 Å². The maximum absolute atomic E-state index is 10.7. The van der Waals surface area contributed by atoms with Gasteiger partial charge in [-0.2, -0.15) is 5.10 Å². The van der Waals surface area contributed by atoms with Crippen LogP contribution in [0.4, 0.5) is 0 Å². The predicted octanol–water partition coefficient (Wildman–Crippen LogP) is 3.52. The van der Waals surface area contributed by atoms with Crippen molar-refractivity contribution in [3.8, 4) is 0 Å². The Morgan fingerprint density at radius 2 is 1.89 bits per heavy atom. The number of aromatic nitrogens is 2. The zero-order valence-electron chi connectivity index (χ0n) is 11.7. The van der Waals surface area contributed by atoms with E-state index in [1.165, 1.54) is 5.56 Å². The van der Waals surface area contributed by atoms with Gasteiger partial charge in [-0.05, 0) is 24.5 Å². The molecule has 1 heterocycles. The molecule has 0 bridgehead atoms. The first-order valence-corrected chi connectivity index (χ1v) is 7.02. The van der Waals surface area contributed by atoms with Crippen molar-refractivity contribution in [1.82, 2.24) is 9.78 Å². The molecule has 3 nitrogen and oxygen atoms in total. The Labute approximate surface area is 114 Å². The minimum absolute atomic E-state index is 0.119. The van der Waals surface area contributed by atoms with E-state index in [-0.39, 0.29) is 5.92 Å². The topological polar surface area (TPSA) is 38.0 Å². The number of hydrogen-bond donors (Lipinski definition) is 1. The molecule has 1 aromatic carbocycles. The molecule has 0 saturated heterocycles. The maximum atomic E-state index is 10.7. The third-order valence-corrected chi connectivity index (χ3v) is 3.54. The molecule has 2 aromatic rings. The molecule has 102 valence electrons. The first-order chi connectivity index (χ1) is 9.27. The highest BCUT2D eigenvalue weighted by Crippen LogP contribution is 2.33. The van der Waals surface area contributed by atoms with Gasteiger partial charge in [0.05, 0.1) is 5.69 Å². The summed E-state index contributed by atoms with van der Waals surface area (Å²) in [4.78, 5) is 0. The third kappa shape index (κ3) is 3.04. The molecule has 0 spiro atoms. The predicted molar refractivity (Wildman–Crippen MR) is 77.0 cm³/mol. The molecule has 0 aliphatic rings. The fourth-order valence-corrected chi connectivity index (χ4v) is 2.54. The zero-order chi connectivity index (χ0) is 13.7. The van der Waals surface area contributed by atoms with E-state index in [1.807, 2.05) is 28.9 Å². The van der Waals surface area contributed by atoms with Gasteiger partial charge < -0.3 is 5.11 Å². The lowest BCUT2D eigenvalue weighted by Gasteiger charge is -2.23. The van der Waals surface area contributed by atoms with Gasteiger partial charge in [-0.1, -0.05) is 44.2 Å². The van der Waals surface area contributed by atoms with E-state index in [9.17, 15) is 5.11 Å². The lowest BCUT2D eigenvalue weighted by atomic mass is 9.89. The quantitative estimate of drug-likeness (QED) is 0.861. The normalized spacial score (nSPS) is 14.3. The Morgan fingerprint density at radius 3 is 2.53 bits per heavy atom. The van der Waals surface area contributed by atoms with Crippen molar-refractivity contribution >= 4 is 0 Å². The summed E-state index contributed by atoms with van der Waals surface area (Å²) in [6, 6.07) is 12.1. The number of rotatable bonds is 6. The van der Waals surface area contributed by atoms with Crippen molar-refractivity contribution < 1.29 is 5.11 Å². The molecule has 0 aliphatic heterocycles. The summed E-state index contributed by atoms with van der Waals surface area (Å²) in [7, 11) is 0. The van der Waals surface area contributed by atoms with Crippen molar-refractivity contribution in [2.45, 2.75) is 45.3 Å². The minimum atomic E-state index is -0.499. The van der Waals surface area contributed by atoms with Crippen LogP contribution in [0, 0.1) is 0 Å². The fraction of sp³-hybridized carbons (Fsp3) is 0.438. The average molecular weight is 258 g/mol. The van der Waals surface area contributed by atoms with E-state index in [4.69, 9.17) is 0 Å². The summed E-state index contributed by atoms with van der Waals surface area (Å²) < 4.78 is 1.91. The second kappa shape index (κ2) is 6.53. The number of aliphatic hydroxyl groups is 1. The number of aryl methyl sites for hydroxylation is 1. The van der Waals surface area contributed by atoms with Crippen molar-refractivity contribution in [2.24, 2.45) is 0 Å². The van der Waals surface area contributed by atoms with Crippen molar-refractivity contribution in [3.05, 3.63) is 53.9 Å². The van der Waals surface area contributed by atoms with Crippen LogP contribution in [0.1, 0.15) is 50.0 Å². The minimum Gasteiger partial charge on any atom is -0.386 e. The van der Waals surface area contributed by atoms with Gasteiger partial charge in [0.1, 0.15) is 6.10 Å². The molecule has 0 saturated carbocycles. The molecule has 2 unspecified atom stereocenters. The van der Waals surface area contributed by atoms with Crippen LogP contribution in [0.15, 0.2) is 42.6 Å². The highest BCUT2D eigenvalue weighted by atomic mass is 16.3. The Kier molecular flexibility index (Phi) is 4.74. The first-order valence-electron chi connectivity index (χ1n) is 7.02. The summed E-state index contributed by atoms with van der Waals surface area (Å²) in [5.41, 5.74) is 2.10. The van der Waals surface area contributed by atoms with Gasteiger partial charge in [-0.3, -0.25) is 4.68 Å². The number of benzene rings is 1. The number of aliphatic hydroxyl groups excluding tert-OH is 1. The highest BCUT2D eigenvalue weighted by molar-refractivity contribution is 5.23. The molecule has 0 aliphatic carbocycles. The summed E-state index contributed by atoms with van der Waals surface area (Å²) in [6.45, 7) is 5.08. The van der Waals surface area contributed by atoms with Gasteiger partial charge in [-0.15, -0.1) is 0 Å². The molecule has 0 amide bonds.